The van der Waals surface area contributed by atoms with Crippen molar-refractivity contribution in [2.45, 2.75) is 26.3 Å². The quantitative estimate of drug-likeness (QED) is 0.721. The van der Waals surface area contributed by atoms with Crippen LogP contribution < -0.4 is 5.32 Å². The summed E-state index contributed by atoms with van der Waals surface area (Å²) >= 11 is 0. The predicted molar refractivity (Wildman–Crippen MR) is 59.4 cm³/mol. The average molecular weight is 217 g/mol. The predicted octanol–water partition coefficient (Wildman–Crippen LogP) is 1.02. The SMILES string of the molecule is CCCNCCCn1cnc(C#N)c1C#N. The van der Waals surface area contributed by atoms with Gasteiger partial charge in [0.05, 0.1) is 6.33 Å². The van der Waals surface area contributed by atoms with E-state index < -0.39 is 0 Å². The highest BCUT2D eigenvalue weighted by Crippen LogP contribution is 2.05. The van der Waals surface area contributed by atoms with Crippen molar-refractivity contribution < 1.29 is 0 Å². The summed E-state index contributed by atoms with van der Waals surface area (Å²) in [7, 11) is 0. The van der Waals surface area contributed by atoms with E-state index in [1.165, 1.54) is 0 Å². The second-order valence-electron chi connectivity index (χ2n) is 3.46. The first-order valence-corrected chi connectivity index (χ1v) is 5.39. The van der Waals surface area contributed by atoms with Crippen LogP contribution in [0.1, 0.15) is 31.2 Å². The van der Waals surface area contributed by atoms with Gasteiger partial charge in [0.15, 0.2) is 11.4 Å². The number of rotatable bonds is 6. The summed E-state index contributed by atoms with van der Waals surface area (Å²) in [6.45, 7) is 4.77. The Morgan fingerprint density at radius 2 is 2.19 bits per heavy atom. The Hall–Kier alpha value is -1.85. The van der Waals surface area contributed by atoms with Crippen LogP contribution in [0.25, 0.3) is 0 Å². The largest absolute Gasteiger partial charge is 0.321 e. The Kier molecular flexibility index (Phi) is 5.04. The van der Waals surface area contributed by atoms with E-state index in [0.29, 0.717) is 12.2 Å². The standard InChI is InChI=1S/C11H15N5/c1-2-4-14-5-3-6-16-9-15-10(7-12)11(16)8-13/h9,14H,2-6H2,1H3. The lowest BCUT2D eigenvalue weighted by Gasteiger charge is -2.04. The van der Waals surface area contributed by atoms with E-state index in [9.17, 15) is 0 Å². The molecule has 0 aliphatic carbocycles. The molecule has 0 radical (unpaired) electrons. The first-order valence-electron chi connectivity index (χ1n) is 5.39. The third-order valence-corrected chi connectivity index (χ3v) is 2.23. The van der Waals surface area contributed by atoms with Crippen LogP contribution in [0.15, 0.2) is 6.33 Å². The van der Waals surface area contributed by atoms with Crippen LogP contribution in [0.3, 0.4) is 0 Å². The molecule has 1 rings (SSSR count). The first-order chi connectivity index (χ1) is 7.83. The smallest absolute Gasteiger partial charge is 0.176 e. The zero-order chi connectivity index (χ0) is 11.8. The lowest BCUT2D eigenvalue weighted by atomic mass is 10.3. The normalized spacial score (nSPS) is 9.69. The van der Waals surface area contributed by atoms with Gasteiger partial charge in [0.1, 0.15) is 12.1 Å². The molecule has 1 aromatic rings. The van der Waals surface area contributed by atoms with Crippen LogP contribution >= 0.6 is 0 Å². The lowest BCUT2D eigenvalue weighted by Crippen LogP contribution is -2.17. The number of aromatic nitrogens is 2. The number of nitrogens with one attached hydrogen (secondary N) is 1. The van der Waals surface area contributed by atoms with Gasteiger partial charge in [0, 0.05) is 6.54 Å². The van der Waals surface area contributed by atoms with Crippen molar-refractivity contribution in [1.29, 1.82) is 10.5 Å². The summed E-state index contributed by atoms with van der Waals surface area (Å²) in [6.07, 6.45) is 3.60. The maximum atomic E-state index is 8.88. The fraction of sp³-hybridized carbons (Fsp3) is 0.545. The monoisotopic (exact) mass is 217 g/mol. The van der Waals surface area contributed by atoms with E-state index in [1.807, 2.05) is 12.1 Å². The molecule has 0 aromatic carbocycles. The molecule has 5 heteroatoms. The minimum Gasteiger partial charge on any atom is -0.321 e. The molecular weight excluding hydrogens is 202 g/mol. The third-order valence-electron chi connectivity index (χ3n) is 2.23. The van der Waals surface area contributed by atoms with Gasteiger partial charge >= 0.3 is 0 Å². The van der Waals surface area contributed by atoms with E-state index in [0.717, 1.165) is 25.9 Å². The van der Waals surface area contributed by atoms with Gasteiger partial charge in [-0.15, -0.1) is 0 Å². The molecule has 0 atom stereocenters. The molecule has 0 spiro atoms. The fourth-order valence-corrected chi connectivity index (χ4v) is 1.43. The first kappa shape index (κ1) is 12.2. The summed E-state index contributed by atoms with van der Waals surface area (Å²) in [5, 5.41) is 20.9. The number of aryl methyl sites for hydroxylation is 1. The van der Waals surface area contributed by atoms with Gasteiger partial charge < -0.3 is 9.88 Å². The van der Waals surface area contributed by atoms with Crippen LogP contribution in [-0.2, 0) is 6.54 Å². The molecule has 16 heavy (non-hydrogen) atoms. The highest BCUT2D eigenvalue weighted by atomic mass is 15.1. The number of hydrogen-bond donors (Lipinski definition) is 1. The molecule has 84 valence electrons. The van der Waals surface area contributed by atoms with Gasteiger partial charge in [0.2, 0.25) is 0 Å². The molecule has 0 fully saturated rings. The van der Waals surface area contributed by atoms with Gasteiger partial charge in [-0.25, -0.2) is 4.98 Å². The second-order valence-corrected chi connectivity index (χ2v) is 3.46. The Bertz CT molecular complexity index is 407. The Balaban J connectivity index is 2.46. The molecule has 0 amide bonds. The topological polar surface area (TPSA) is 77.4 Å². The third kappa shape index (κ3) is 3.08. The molecule has 0 aliphatic rings. The van der Waals surface area contributed by atoms with Crippen molar-refractivity contribution >= 4 is 0 Å². The Morgan fingerprint density at radius 1 is 1.38 bits per heavy atom. The molecule has 5 nitrogen and oxygen atoms in total. The van der Waals surface area contributed by atoms with Gasteiger partial charge in [-0.3, -0.25) is 0 Å². The summed E-state index contributed by atoms with van der Waals surface area (Å²) in [4.78, 5) is 3.88. The summed E-state index contributed by atoms with van der Waals surface area (Å²) in [5.41, 5.74) is 0.571. The lowest BCUT2D eigenvalue weighted by molar-refractivity contribution is 0.575. The maximum Gasteiger partial charge on any atom is 0.176 e. The highest BCUT2D eigenvalue weighted by molar-refractivity contribution is 5.35. The molecule has 0 unspecified atom stereocenters. The van der Waals surface area contributed by atoms with Gasteiger partial charge in [-0.1, -0.05) is 6.92 Å². The number of nitriles is 2. The molecule has 1 aromatic heterocycles. The minimum atomic E-state index is 0.212. The minimum absolute atomic E-state index is 0.212. The number of imidazole rings is 1. The van der Waals surface area contributed by atoms with Crippen LogP contribution in [0, 0.1) is 22.7 Å². The van der Waals surface area contributed by atoms with Crippen molar-refractivity contribution in [1.82, 2.24) is 14.9 Å². The van der Waals surface area contributed by atoms with Gasteiger partial charge in [-0.05, 0) is 25.9 Å². The van der Waals surface area contributed by atoms with Crippen LogP contribution in [0.4, 0.5) is 0 Å². The molecule has 1 heterocycles. The van der Waals surface area contributed by atoms with Crippen LogP contribution in [-0.4, -0.2) is 22.6 Å². The zero-order valence-corrected chi connectivity index (χ0v) is 9.40. The molecule has 0 aliphatic heterocycles. The summed E-state index contributed by atoms with van der Waals surface area (Å²) in [6, 6.07) is 3.91. The van der Waals surface area contributed by atoms with Crippen molar-refractivity contribution in [2.24, 2.45) is 0 Å². The van der Waals surface area contributed by atoms with E-state index in [4.69, 9.17) is 10.5 Å². The number of hydrogen-bond acceptors (Lipinski definition) is 4. The molecule has 0 saturated heterocycles. The fourth-order valence-electron chi connectivity index (χ4n) is 1.43. The van der Waals surface area contributed by atoms with Gasteiger partial charge in [0.25, 0.3) is 0 Å². The average Bonchev–Trinajstić information content (AvgIpc) is 2.71. The van der Waals surface area contributed by atoms with Crippen molar-refractivity contribution in [3.63, 3.8) is 0 Å². The van der Waals surface area contributed by atoms with E-state index in [1.54, 1.807) is 10.9 Å². The van der Waals surface area contributed by atoms with Crippen molar-refractivity contribution in [3.05, 3.63) is 17.7 Å². The number of nitrogens with zero attached hydrogens (tertiary/aromatic N) is 4. The summed E-state index contributed by atoms with van der Waals surface area (Å²) < 4.78 is 1.73. The zero-order valence-electron chi connectivity index (χ0n) is 9.40. The molecule has 0 bridgehead atoms. The Labute approximate surface area is 95.3 Å². The molecule has 1 N–H and O–H groups in total. The summed E-state index contributed by atoms with van der Waals surface area (Å²) in [5.74, 6) is 0. The van der Waals surface area contributed by atoms with E-state index in [-0.39, 0.29) is 5.69 Å². The second kappa shape index (κ2) is 6.60. The maximum absolute atomic E-state index is 8.88. The van der Waals surface area contributed by atoms with Gasteiger partial charge in [-0.2, -0.15) is 10.5 Å². The Morgan fingerprint density at radius 3 is 2.81 bits per heavy atom. The van der Waals surface area contributed by atoms with Crippen molar-refractivity contribution in [3.8, 4) is 12.1 Å². The van der Waals surface area contributed by atoms with Crippen LogP contribution in [0.5, 0.6) is 0 Å². The molecule has 0 saturated carbocycles. The highest BCUT2D eigenvalue weighted by Gasteiger charge is 2.08. The van der Waals surface area contributed by atoms with Crippen LogP contribution in [0.2, 0.25) is 0 Å². The van der Waals surface area contributed by atoms with E-state index >= 15 is 0 Å². The molecular formula is C11H15N5. The van der Waals surface area contributed by atoms with E-state index in [2.05, 4.69) is 17.2 Å². The van der Waals surface area contributed by atoms with Crippen molar-refractivity contribution in [2.75, 3.05) is 13.1 Å².